The average Bonchev–Trinajstić information content (AvgIpc) is 3.10. The number of benzene rings is 2. The van der Waals surface area contributed by atoms with E-state index < -0.39 is 23.6 Å². The van der Waals surface area contributed by atoms with Crippen LogP contribution in [-0.4, -0.2) is 16.8 Å². The van der Waals surface area contributed by atoms with E-state index in [0.717, 1.165) is 23.5 Å². The zero-order valence-corrected chi connectivity index (χ0v) is 17.1. The summed E-state index contributed by atoms with van der Waals surface area (Å²) >= 11 is 0.973. The molecule has 30 heavy (non-hydrogen) atoms. The molecule has 8 heteroatoms. The number of aliphatic hydroxyl groups excluding tert-OH is 1. The van der Waals surface area contributed by atoms with Crippen molar-refractivity contribution in [3.8, 4) is 10.4 Å². The molecule has 1 atom stereocenters. The number of primary amides is 1. The van der Waals surface area contributed by atoms with Gasteiger partial charge in [-0.2, -0.15) is 0 Å². The number of carbonyl (C=O) groups excluding carboxylic acids is 2. The standard InChI is InChI=1S/C22H20F2N2O3S/c1-3-18(28)13-8-16(23)20(17(24)9-13)19-10-15(21(25)29)22(30-19)26-14-6-4-12(5-7-14)11(2)27/h4-10,18,26,28H,3H2,1-2H3,(H2,25,29). The van der Waals surface area contributed by atoms with Crippen LogP contribution in [0.4, 0.5) is 19.5 Å². The summed E-state index contributed by atoms with van der Waals surface area (Å²) in [6, 6.07) is 10.1. The van der Waals surface area contributed by atoms with Crippen molar-refractivity contribution >= 4 is 33.7 Å². The molecule has 0 radical (unpaired) electrons. The number of Topliss-reactive ketones (excluding diaryl/α,β-unsaturated/α-hetero) is 1. The van der Waals surface area contributed by atoms with E-state index in [1.165, 1.54) is 13.0 Å². The summed E-state index contributed by atoms with van der Waals surface area (Å²) in [5, 5.41) is 13.2. The highest BCUT2D eigenvalue weighted by Crippen LogP contribution is 2.40. The maximum Gasteiger partial charge on any atom is 0.251 e. The number of hydrogen-bond acceptors (Lipinski definition) is 5. The molecule has 1 unspecified atom stereocenters. The van der Waals surface area contributed by atoms with E-state index in [1.54, 1.807) is 31.2 Å². The van der Waals surface area contributed by atoms with Gasteiger partial charge in [0.15, 0.2) is 5.78 Å². The van der Waals surface area contributed by atoms with E-state index in [-0.39, 0.29) is 27.4 Å². The Morgan fingerprint density at radius 3 is 2.23 bits per heavy atom. The van der Waals surface area contributed by atoms with Crippen molar-refractivity contribution in [3.63, 3.8) is 0 Å². The third-order valence-electron chi connectivity index (χ3n) is 4.63. The van der Waals surface area contributed by atoms with Crippen LogP contribution in [0.5, 0.6) is 0 Å². The Morgan fingerprint density at radius 2 is 1.73 bits per heavy atom. The van der Waals surface area contributed by atoms with Crippen LogP contribution in [0.2, 0.25) is 0 Å². The predicted molar refractivity (Wildman–Crippen MR) is 113 cm³/mol. The summed E-state index contributed by atoms with van der Waals surface area (Å²) in [5.41, 5.74) is 6.49. The van der Waals surface area contributed by atoms with Crippen molar-refractivity contribution in [1.29, 1.82) is 0 Å². The number of nitrogens with two attached hydrogens (primary N) is 1. The van der Waals surface area contributed by atoms with Gasteiger partial charge in [0, 0.05) is 16.1 Å². The van der Waals surface area contributed by atoms with Crippen molar-refractivity contribution in [2.24, 2.45) is 5.73 Å². The first-order valence-electron chi connectivity index (χ1n) is 9.20. The molecule has 0 fully saturated rings. The minimum Gasteiger partial charge on any atom is -0.388 e. The van der Waals surface area contributed by atoms with E-state index in [1.807, 2.05) is 0 Å². The maximum atomic E-state index is 14.7. The Bertz CT molecular complexity index is 1090. The van der Waals surface area contributed by atoms with Gasteiger partial charge in [-0.3, -0.25) is 9.59 Å². The predicted octanol–water partition coefficient (Wildman–Crippen LogP) is 5.18. The van der Waals surface area contributed by atoms with Gasteiger partial charge < -0.3 is 16.2 Å². The van der Waals surface area contributed by atoms with Crippen molar-refractivity contribution < 1.29 is 23.5 Å². The van der Waals surface area contributed by atoms with Crippen molar-refractivity contribution in [3.05, 3.63) is 70.8 Å². The number of nitrogens with one attached hydrogen (secondary N) is 1. The van der Waals surface area contributed by atoms with Gasteiger partial charge in [0.1, 0.15) is 16.6 Å². The number of halogens is 2. The minimum absolute atomic E-state index is 0.0830. The number of rotatable bonds is 7. The molecule has 4 N–H and O–H groups in total. The molecule has 0 spiro atoms. The van der Waals surface area contributed by atoms with Gasteiger partial charge in [0.05, 0.1) is 17.2 Å². The van der Waals surface area contributed by atoms with Gasteiger partial charge in [-0.1, -0.05) is 6.92 Å². The second-order valence-corrected chi connectivity index (χ2v) is 7.81. The Balaban J connectivity index is 2.00. The second kappa shape index (κ2) is 8.73. The minimum atomic E-state index is -0.970. The molecule has 1 aromatic heterocycles. The molecule has 0 bridgehead atoms. The molecule has 0 aliphatic carbocycles. The summed E-state index contributed by atoms with van der Waals surface area (Å²) < 4.78 is 29.3. The zero-order chi connectivity index (χ0) is 22.0. The smallest absolute Gasteiger partial charge is 0.251 e. The molecule has 1 amide bonds. The molecule has 1 heterocycles. The highest BCUT2D eigenvalue weighted by Gasteiger charge is 2.21. The van der Waals surface area contributed by atoms with Gasteiger partial charge in [-0.05, 0) is 61.4 Å². The fourth-order valence-corrected chi connectivity index (χ4v) is 4.10. The Hall–Kier alpha value is -3.10. The van der Waals surface area contributed by atoms with Gasteiger partial charge >= 0.3 is 0 Å². The van der Waals surface area contributed by atoms with Crippen molar-refractivity contribution in [1.82, 2.24) is 0 Å². The van der Waals surface area contributed by atoms with Crippen LogP contribution in [0, 0.1) is 11.6 Å². The molecule has 0 saturated carbocycles. The number of ketones is 1. The molecule has 0 saturated heterocycles. The first kappa shape index (κ1) is 21.6. The summed E-state index contributed by atoms with van der Waals surface area (Å²) in [4.78, 5) is 23.5. The maximum absolute atomic E-state index is 14.7. The SMILES string of the molecule is CCC(O)c1cc(F)c(-c2cc(C(N)=O)c(Nc3ccc(C(C)=O)cc3)s2)c(F)c1. The number of anilines is 2. The van der Waals surface area contributed by atoms with Crippen molar-refractivity contribution in [2.45, 2.75) is 26.4 Å². The molecule has 0 aliphatic heterocycles. The van der Waals surface area contributed by atoms with Gasteiger partial charge in [-0.15, -0.1) is 11.3 Å². The van der Waals surface area contributed by atoms with Crippen molar-refractivity contribution in [2.75, 3.05) is 5.32 Å². The van der Waals surface area contributed by atoms with Crippen LogP contribution < -0.4 is 11.1 Å². The van der Waals surface area contributed by atoms with Gasteiger partial charge in [0.2, 0.25) is 0 Å². The number of thiophene rings is 1. The van der Waals surface area contributed by atoms with Gasteiger partial charge in [-0.25, -0.2) is 8.78 Å². The van der Waals surface area contributed by atoms with Crippen LogP contribution in [0.3, 0.4) is 0 Å². The summed E-state index contributed by atoms with van der Waals surface area (Å²) in [5.74, 6) is -2.51. The molecular weight excluding hydrogens is 410 g/mol. The largest absolute Gasteiger partial charge is 0.388 e. The first-order chi connectivity index (χ1) is 14.2. The number of amides is 1. The van der Waals surface area contributed by atoms with E-state index in [0.29, 0.717) is 22.7 Å². The monoisotopic (exact) mass is 430 g/mol. The molecule has 3 aromatic rings. The summed E-state index contributed by atoms with van der Waals surface area (Å²) in [7, 11) is 0. The molecule has 5 nitrogen and oxygen atoms in total. The summed E-state index contributed by atoms with van der Waals surface area (Å²) in [6.45, 7) is 3.15. The van der Waals surface area contributed by atoms with E-state index in [4.69, 9.17) is 5.73 Å². The Labute approximate surface area is 176 Å². The molecule has 3 rings (SSSR count). The normalized spacial score (nSPS) is 11.9. The van der Waals surface area contributed by atoms with E-state index in [2.05, 4.69) is 5.32 Å². The lowest BCUT2D eigenvalue weighted by Gasteiger charge is -2.11. The lowest BCUT2D eigenvalue weighted by Crippen LogP contribution is -2.11. The Morgan fingerprint density at radius 1 is 1.13 bits per heavy atom. The molecule has 156 valence electrons. The third kappa shape index (κ3) is 4.39. The first-order valence-corrected chi connectivity index (χ1v) is 10.0. The summed E-state index contributed by atoms with van der Waals surface area (Å²) in [6.07, 6.45) is -0.651. The molecule has 2 aromatic carbocycles. The van der Waals surface area contributed by atoms with Gasteiger partial charge in [0.25, 0.3) is 5.91 Å². The Kier molecular flexibility index (Phi) is 6.28. The zero-order valence-electron chi connectivity index (χ0n) is 16.3. The number of aliphatic hydroxyl groups is 1. The highest BCUT2D eigenvalue weighted by molar-refractivity contribution is 7.20. The molecule has 0 aliphatic rings. The lowest BCUT2D eigenvalue weighted by molar-refractivity contribution is 0.0997. The lowest BCUT2D eigenvalue weighted by atomic mass is 10.0. The van der Waals surface area contributed by atoms with E-state index in [9.17, 15) is 23.5 Å². The topological polar surface area (TPSA) is 92.4 Å². The quantitative estimate of drug-likeness (QED) is 0.450. The van der Waals surface area contributed by atoms with Crippen LogP contribution in [0.1, 0.15) is 52.7 Å². The fourth-order valence-electron chi connectivity index (χ4n) is 2.97. The van der Waals surface area contributed by atoms with Crippen LogP contribution >= 0.6 is 11.3 Å². The average molecular weight is 430 g/mol. The molecular formula is C22H20F2N2O3S. The second-order valence-electron chi connectivity index (χ2n) is 6.76. The number of carbonyl (C=O) groups is 2. The third-order valence-corrected chi connectivity index (χ3v) is 5.70. The number of hydrogen-bond donors (Lipinski definition) is 3. The fraction of sp³-hybridized carbons (Fsp3) is 0.182. The van der Waals surface area contributed by atoms with Crippen LogP contribution in [0.25, 0.3) is 10.4 Å². The van der Waals surface area contributed by atoms with E-state index >= 15 is 0 Å². The van der Waals surface area contributed by atoms with Crippen LogP contribution in [-0.2, 0) is 0 Å². The highest BCUT2D eigenvalue weighted by atomic mass is 32.1. The van der Waals surface area contributed by atoms with Crippen LogP contribution in [0.15, 0.2) is 42.5 Å².